The van der Waals surface area contributed by atoms with E-state index >= 15 is 0 Å². The van der Waals surface area contributed by atoms with E-state index in [2.05, 4.69) is 15.9 Å². The summed E-state index contributed by atoms with van der Waals surface area (Å²) in [7, 11) is 0. The third-order valence-corrected chi connectivity index (χ3v) is 4.26. The number of hydrogen-bond acceptors (Lipinski definition) is 8. The zero-order valence-electron chi connectivity index (χ0n) is 14.2. The van der Waals surface area contributed by atoms with Crippen molar-refractivity contribution in [2.24, 2.45) is 0 Å². The first kappa shape index (κ1) is 20.3. The van der Waals surface area contributed by atoms with Gasteiger partial charge >= 0.3 is 17.9 Å². The van der Waals surface area contributed by atoms with E-state index in [9.17, 15) is 19.5 Å². The van der Waals surface area contributed by atoms with E-state index in [0.717, 1.165) is 13.8 Å². The summed E-state index contributed by atoms with van der Waals surface area (Å²) in [6, 6.07) is 8.22. The van der Waals surface area contributed by atoms with Crippen LogP contribution in [0.2, 0.25) is 0 Å². The Bertz CT molecular complexity index is 649. The van der Waals surface area contributed by atoms with Crippen LogP contribution in [0.15, 0.2) is 30.3 Å². The molecule has 9 heteroatoms. The first-order valence-electron chi connectivity index (χ1n) is 7.83. The predicted molar refractivity (Wildman–Crippen MR) is 91.4 cm³/mol. The Hall–Kier alpha value is -1.97. The fraction of sp³-hybridized carbons (Fsp3) is 0.471. The molecule has 0 radical (unpaired) electrons. The molecule has 8 nitrogen and oxygen atoms in total. The molecule has 2 rings (SSSR count). The number of carbonyl (C=O) groups is 3. The van der Waals surface area contributed by atoms with Gasteiger partial charge in [0.05, 0.1) is 5.56 Å². The molecule has 1 aromatic rings. The fourth-order valence-electron chi connectivity index (χ4n) is 2.57. The number of aliphatic hydroxyl groups excluding tert-OH is 1. The number of carbonyl (C=O) groups excluding carboxylic acids is 3. The molecule has 0 aromatic heterocycles. The summed E-state index contributed by atoms with van der Waals surface area (Å²) in [6.07, 6.45) is -6.03. The van der Waals surface area contributed by atoms with Crippen molar-refractivity contribution in [3.8, 4) is 0 Å². The lowest BCUT2D eigenvalue weighted by Gasteiger charge is -2.42. The normalized spacial score (nSPS) is 28.1. The first-order valence-corrected chi connectivity index (χ1v) is 8.95. The minimum Gasteiger partial charge on any atom is -0.454 e. The second-order valence-corrected chi connectivity index (χ2v) is 6.25. The Morgan fingerprint density at radius 1 is 1.00 bits per heavy atom. The minimum absolute atomic E-state index is 0.182. The molecule has 1 aliphatic heterocycles. The maximum Gasteiger partial charge on any atom is 0.338 e. The molecule has 26 heavy (non-hydrogen) atoms. The summed E-state index contributed by atoms with van der Waals surface area (Å²) >= 11 is 3.21. The van der Waals surface area contributed by atoms with Gasteiger partial charge in [-0.3, -0.25) is 9.59 Å². The fourth-order valence-corrected chi connectivity index (χ4v) is 3.09. The topological polar surface area (TPSA) is 108 Å². The molecule has 1 heterocycles. The quantitative estimate of drug-likeness (QED) is 0.421. The van der Waals surface area contributed by atoms with Gasteiger partial charge < -0.3 is 24.1 Å². The second kappa shape index (κ2) is 9.11. The maximum absolute atomic E-state index is 12.4. The Morgan fingerprint density at radius 2 is 1.58 bits per heavy atom. The van der Waals surface area contributed by atoms with Crippen LogP contribution in [-0.4, -0.2) is 59.1 Å². The summed E-state index contributed by atoms with van der Waals surface area (Å²) in [5.74, 6) is -2.06. The molecule has 0 saturated carbocycles. The predicted octanol–water partition coefficient (Wildman–Crippen LogP) is 1.19. The van der Waals surface area contributed by atoms with Crippen molar-refractivity contribution in [2.45, 2.75) is 44.6 Å². The third-order valence-electron chi connectivity index (χ3n) is 3.62. The summed E-state index contributed by atoms with van der Waals surface area (Å²) in [6.45, 7) is 2.30. The zero-order valence-corrected chi connectivity index (χ0v) is 15.7. The van der Waals surface area contributed by atoms with E-state index in [1.165, 1.54) is 0 Å². The van der Waals surface area contributed by atoms with Gasteiger partial charge in [-0.25, -0.2) is 4.79 Å². The van der Waals surface area contributed by atoms with Crippen molar-refractivity contribution in [3.63, 3.8) is 0 Å². The highest BCUT2D eigenvalue weighted by molar-refractivity contribution is 9.09. The summed E-state index contributed by atoms with van der Waals surface area (Å²) < 4.78 is 21.1. The van der Waals surface area contributed by atoms with Gasteiger partial charge in [-0.15, -0.1) is 0 Å². The number of hydrogen-bond donors (Lipinski definition) is 1. The highest BCUT2D eigenvalue weighted by Crippen LogP contribution is 2.29. The van der Waals surface area contributed by atoms with Crippen molar-refractivity contribution in [2.75, 3.05) is 5.33 Å². The monoisotopic (exact) mass is 430 g/mol. The standard InChI is InChI=1S/C17H19BrO8/c1-9(19)23-14-13(26-16(21)11-6-4-3-5-7-11)12(8-18)25-17(22)15(14)24-10(2)20/h3-7,12-15,17,22H,8H2,1-2H3/t12-,13-,14+,15-,17+/m1/s1. The van der Waals surface area contributed by atoms with Gasteiger partial charge in [0.2, 0.25) is 0 Å². The van der Waals surface area contributed by atoms with E-state index in [1.54, 1.807) is 30.3 Å². The van der Waals surface area contributed by atoms with Crippen LogP contribution in [0, 0.1) is 0 Å². The minimum atomic E-state index is -1.54. The van der Waals surface area contributed by atoms with Crippen LogP contribution >= 0.6 is 15.9 Å². The summed E-state index contributed by atoms with van der Waals surface area (Å²) in [5.41, 5.74) is 0.289. The van der Waals surface area contributed by atoms with Crippen LogP contribution in [-0.2, 0) is 28.5 Å². The Kier molecular flexibility index (Phi) is 7.13. The Morgan fingerprint density at radius 3 is 2.12 bits per heavy atom. The van der Waals surface area contributed by atoms with Crippen molar-refractivity contribution in [3.05, 3.63) is 35.9 Å². The van der Waals surface area contributed by atoms with E-state index in [0.29, 0.717) is 0 Å². The van der Waals surface area contributed by atoms with Gasteiger partial charge in [0.1, 0.15) is 6.10 Å². The van der Waals surface area contributed by atoms with Crippen molar-refractivity contribution < 1.29 is 38.4 Å². The number of benzene rings is 1. The van der Waals surface area contributed by atoms with Crippen LogP contribution in [0.5, 0.6) is 0 Å². The van der Waals surface area contributed by atoms with Gasteiger partial charge in [0.15, 0.2) is 24.6 Å². The van der Waals surface area contributed by atoms with E-state index in [-0.39, 0.29) is 10.9 Å². The number of aliphatic hydroxyl groups is 1. The van der Waals surface area contributed by atoms with E-state index in [4.69, 9.17) is 18.9 Å². The van der Waals surface area contributed by atoms with E-state index in [1.807, 2.05) is 0 Å². The highest BCUT2D eigenvalue weighted by atomic mass is 79.9. The van der Waals surface area contributed by atoms with Crippen LogP contribution < -0.4 is 0 Å². The lowest BCUT2D eigenvalue weighted by atomic mass is 9.99. The summed E-state index contributed by atoms with van der Waals surface area (Å²) in [5, 5.41) is 10.3. The largest absolute Gasteiger partial charge is 0.454 e. The molecule has 0 spiro atoms. The molecule has 1 aliphatic rings. The van der Waals surface area contributed by atoms with E-state index < -0.39 is 48.6 Å². The lowest BCUT2D eigenvalue weighted by Crippen LogP contribution is -2.61. The molecular formula is C17H19BrO8. The smallest absolute Gasteiger partial charge is 0.338 e. The number of halogens is 1. The van der Waals surface area contributed by atoms with Crippen LogP contribution in [0.1, 0.15) is 24.2 Å². The second-order valence-electron chi connectivity index (χ2n) is 5.60. The van der Waals surface area contributed by atoms with Crippen LogP contribution in [0.3, 0.4) is 0 Å². The lowest BCUT2D eigenvalue weighted by molar-refractivity contribution is -0.283. The molecular weight excluding hydrogens is 412 g/mol. The van der Waals surface area contributed by atoms with Crippen LogP contribution in [0.4, 0.5) is 0 Å². The molecule has 1 N–H and O–H groups in total. The Labute approximate surface area is 158 Å². The highest BCUT2D eigenvalue weighted by Gasteiger charge is 2.51. The number of ether oxygens (including phenoxy) is 4. The molecule has 0 amide bonds. The van der Waals surface area contributed by atoms with Gasteiger partial charge in [0.25, 0.3) is 0 Å². The molecule has 5 atom stereocenters. The molecule has 1 fully saturated rings. The summed E-state index contributed by atoms with van der Waals surface area (Å²) in [4.78, 5) is 35.3. The maximum atomic E-state index is 12.4. The molecule has 0 aliphatic carbocycles. The number of alkyl halides is 1. The average molecular weight is 431 g/mol. The first-order chi connectivity index (χ1) is 12.3. The molecule has 0 bridgehead atoms. The average Bonchev–Trinajstić information content (AvgIpc) is 2.60. The SMILES string of the molecule is CC(=O)O[C@@H]1[C@@H](OC(C)=O)[C@@H](O)O[C@H](CBr)[C@H]1OC(=O)c1ccccc1. The van der Waals surface area contributed by atoms with Crippen molar-refractivity contribution >= 4 is 33.8 Å². The van der Waals surface area contributed by atoms with Gasteiger partial charge in [-0.05, 0) is 12.1 Å². The Balaban J connectivity index is 2.30. The van der Waals surface area contributed by atoms with Crippen molar-refractivity contribution in [1.82, 2.24) is 0 Å². The zero-order chi connectivity index (χ0) is 19.3. The number of esters is 3. The third kappa shape index (κ3) is 5.03. The van der Waals surface area contributed by atoms with Crippen molar-refractivity contribution in [1.29, 1.82) is 0 Å². The molecule has 1 aromatic carbocycles. The van der Waals surface area contributed by atoms with Gasteiger partial charge in [0, 0.05) is 19.2 Å². The van der Waals surface area contributed by atoms with Gasteiger partial charge in [-0.1, -0.05) is 34.1 Å². The van der Waals surface area contributed by atoms with Gasteiger partial charge in [-0.2, -0.15) is 0 Å². The molecule has 142 valence electrons. The molecule has 0 unspecified atom stereocenters. The van der Waals surface area contributed by atoms with Crippen LogP contribution in [0.25, 0.3) is 0 Å². The molecule has 1 saturated heterocycles. The number of rotatable bonds is 5.